The van der Waals surface area contributed by atoms with E-state index in [1.165, 1.54) is 63.4 Å². The predicted molar refractivity (Wildman–Crippen MR) is 140 cm³/mol. The summed E-state index contributed by atoms with van der Waals surface area (Å²) in [6.07, 6.45) is 13.2. The van der Waals surface area contributed by atoms with Gasteiger partial charge in [-0.3, -0.25) is 4.79 Å². The zero-order valence-corrected chi connectivity index (χ0v) is 23.6. The van der Waals surface area contributed by atoms with E-state index in [-0.39, 0.29) is 17.5 Å². The van der Waals surface area contributed by atoms with E-state index in [1.54, 1.807) is 6.92 Å². The molecule has 0 aromatic heterocycles. The second-order valence-corrected chi connectivity index (χ2v) is 15.3. The summed E-state index contributed by atoms with van der Waals surface area (Å²) in [6, 6.07) is 0. The van der Waals surface area contributed by atoms with Crippen LogP contribution in [0.15, 0.2) is 12.2 Å². The monoisotopic (exact) mass is 468 g/mol. The van der Waals surface area contributed by atoms with E-state index in [0.717, 1.165) is 24.2 Å². The van der Waals surface area contributed by atoms with Crippen LogP contribution < -0.4 is 0 Å². The van der Waals surface area contributed by atoms with Crippen molar-refractivity contribution in [3.8, 4) is 0 Å². The summed E-state index contributed by atoms with van der Waals surface area (Å²) in [5, 5.41) is 0. The topological polar surface area (TPSA) is 26.3 Å². The van der Waals surface area contributed by atoms with Crippen molar-refractivity contribution in [1.82, 2.24) is 0 Å². The number of ether oxygens (including phenoxy) is 1. The Morgan fingerprint density at radius 3 is 2.24 bits per heavy atom. The van der Waals surface area contributed by atoms with Crippen LogP contribution in [0.3, 0.4) is 0 Å². The minimum Gasteiger partial charge on any atom is -0.462 e. The van der Waals surface area contributed by atoms with Gasteiger partial charge in [-0.25, -0.2) is 0 Å². The maximum atomic E-state index is 11.9. The van der Waals surface area contributed by atoms with Crippen molar-refractivity contribution < 1.29 is 9.53 Å². The van der Waals surface area contributed by atoms with Gasteiger partial charge in [0.1, 0.15) is 6.10 Å². The Bertz CT molecular complexity index is 872. The Labute approximate surface area is 210 Å². The van der Waals surface area contributed by atoms with Crippen molar-refractivity contribution in [3.63, 3.8) is 0 Å². The standard InChI is InChI=1S/C32H52O2/c1-20-12-15-29(6)18-19-31(8)23(27(29)21(20)2)10-11-25-30(7)16-14-26(34-22(3)33)28(4,5)24(30)13-17-32(25,31)9/h21,23-27H,1,10-19H2,2-9H3/t21-,23+,24-,25-,26+,27+,29-,30+,31-,32-/m1/s1. The van der Waals surface area contributed by atoms with Crippen molar-refractivity contribution in [2.45, 2.75) is 126 Å². The van der Waals surface area contributed by atoms with Crippen LogP contribution in [0.1, 0.15) is 120 Å². The summed E-state index contributed by atoms with van der Waals surface area (Å²) in [5.41, 5.74) is 3.28. The minimum atomic E-state index is -0.108. The molecule has 0 aromatic rings. The third-order valence-corrected chi connectivity index (χ3v) is 13.8. The normalized spacial score (nSPS) is 54.2. The molecule has 0 N–H and O–H groups in total. The minimum absolute atomic E-state index is 0.0541. The highest BCUT2D eigenvalue weighted by Crippen LogP contribution is 2.77. The average Bonchev–Trinajstić information content (AvgIpc) is 2.74. The molecule has 5 saturated carbocycles. The molecule has 10 atom stereocenters. The number of fused-ring (bicyclic) bond motifs is 7. The van der Waals surface area contributed by atoms with Gasteiger partial charge < -0.3 is 4.74 Å². The molecule has 0 bridgehead atoms. The van der Waals surface area contributed by atoms with Gasteiger partial charge in [0.15, 0.2) is 0 Å². The number of rotatable bonds is 1. The predicted octanol–water partition coefficient (Wildman–Crippen LogP) is 8.60. The van der Waals surface area contributed by atoms with Gasteiger partial charge >= 0.3 is 5.97 Å². The fourth-order valence-electron chi connectivity index (χ4n) is 11.8. The van der Waals surface area contributed by atoms with Crippen molar-refractivity contribution >= 4 is 5.97 Å². The van der Waals surface area contributed by atoms with Crippen molar-refractivity contribution in [2.24, 2.45) is 56.7 Å². The molecule has 2 heteroatoms. The molecule has 0 saturated heterocycles. The van der Waals surface area contributed by atoms with Gasteiger partial charge in [0.05, 0.1) is 0 Å². The first-order chi connectivity index (χ1) is 15.7. The van der Waals surface area contributed by atoms with Crippen LogP contribution in [0.25, 0.3) is 0 Å². The van der Waals surface area contributed by atoms with Crippen LogP contribution in [0, 0.1) is 56.7 Å². The Morgan fingerprint density at radius 1 is 0.853 bits per heavy atom. The molecule has 34 heavy (non-hydrogen) atoms. The maximum Gasteiger partial charge on any atom is 0.302 e. The lowest BCUT2D eigenvalue weighted by Crippen LogP contribution is -2.67. The Kier molecular flexibility index (Phi) is 5.57. The molecule has 5 aliphatic carbocycles. The van der Waals surface area contributed by atoms with Gasteiger partial charge in [0.2, 0.25) is 0 Å². The third-order valence-electron chi connectivity index (χ3n) is 13.8. The average molecular weight is 469 g/mol. The molecular weight excluding hydrogens is 416 g/mol. The van der Waals surface area contributed by atoms with Crippen molar-refractivity contribution in [2.75, 3.05) is 0 Å². The highest BCUT2D eigenvalue weighted by atomic mass is 16.5. The quantitative estimate of drug-likeness (QED) is 0.284. The van der Waals surface area contributed by atoms with E-state index in [2.05, 4.69) is 55.0 Å². The maximum absolute atomic E-state index is 11.9. The summed E-state index contributed by atoms with van der Waals surface area (Å²) in [4.78, 5) is 11.9. The van der Waals surface area contributed by atoms with E-state index in [4.69, 9.17) is 4.74 Å². The Balaban J connectivity index is 1.50. The van der Waals surface area contributed by atoms with E-state index >= 15 is 0 Å². The Hall–Kier alpha value is -0.790. The second kappa shape index (κ2) is 7.61. The van der Waals surface area contributed by atoms with Crippen LogP contribution >= 0.6 is 0 Å². The zero-order chi connectivity index (χ0) is 24.9. The lowest BCUT2D eigenvalue weighted by molar-refractivity contribution is -0.253. The molecule has 2 nitrogen and oxygen atoms in total. The smallest absolute Gasteiger partial charge is 0.302 e. The molecule has 0 unspecified atom stereocenters. The molecule has 0 aromatic carbocycles. The number of esters is 1. The van der Waals surface area contributed by atoms with E-state index in [9.17, 15) is 4.79 Å². The molecular formula is C32H52O2. The summed E-state index contributed by atoms with van der Waals surface area (Å²) in [6.45, 7) is 24.2. The number of carbonyl (C=O) groups excluding carboxylic acids is 1. The van der Waals surface area contributed by atoms with Crippen molar-refractivity contribution in [1.29, 1.82) is 0 Å². The number of allylic oxidation sites excluding steroid dienone is 1. The summed E-state index contributed by atoms with van der Waals surface area (Å²) in [7, 11) is 0. The number of hydrogen-bond donors (Lipinski definition) is 0. The van der Waals surface area contributed by atoms with Gasteiger partial charge in [-0.15, -0.1) is 0 Å². The molecule has 5 fully saturated rings. The summed E-state index contributed by atoms with van der Waals surface area (Å²) < 4.78 is 5.91. The first kappa shape index (κ1) is 24.9. The largest absolute Gasteiger partial charge is 0.462 e. The molecule has 0 aliphatic heterocycles. The fourth-order valence-corrected chi connectivity index (χ4v) is 11.8. The highest BCUT2D eigenvalue weighted by molar-refractivity contribution is 5.66. The summed E-state index contributed by atoms with van der Waals surface area (Å²) >= 11 is 0. The number of carbonyl (C=O) groups is 1. The molecule has 0 heterocycles. The van der Waals surface area contributed by atoms with Crippen molar-refractivity contribution in [3.05, 3.63) is 12.2 Å². The van der Waals surface area contributed by atoms with E-state index in [1.807, 2.05) is 0 Å². The van der Waals surface area contributed by atoms with Crippen LogP contribution in [0.4, 0.5) is 0 Å². The van der Waals surface area contributed by atoms with Crippen LogP contribution in [-0.4, -0.2) is 12.1 Å². The van der Waals surface area contributed by atoms with Gasteiger partial charge in [0.25, 0.3) is 0 Å². The molecule has 5 rings (SSSR count). The summed E-state index contributed by atoms with van der Waals surface area (Å²) in [5.74, 6) is 3.64. The lowest BCUT2D eigenvalue weighted by Gasteiger charge is -2.73. The van der Waals surface area contributed by atoms with Gasteiger partial charge in [-0.2, -0.15) is 0 Å². The van der Waals surface area contributed by atoms with E-state index in [0.29, 0.717) is 33.5 Å². The van der Waals surface area contributed by atoms with Crippen LogP contribution in [0.5, 0.6) is 0 Å². The zero-order valence-electron chi connectivity index (χ0n) is 23.6. The van der Waals surface area contributed by atoms with E-state index < -0.39 is 0 Å². The molecule has 0 amide bonds. The molecule has 192 valence electrons. The lowest BCUT2D eigenvalue weighted by atomic mass is 9.31. The fraction of sp³-hybridized carbons (Fsp3) is 0.906. The molecule has 5 aliphatic rings. The SMILES string of the molecule is C=C1CC[C@]2(C)CC[C@]3(C)[C@@H](CC[C@@H]4[C@@]5(C)CC[C@H](OC(C)=O)C(C)(C)[C@H]5CC[C@]43C)[C@@H]2[C@@H]1C. The van der Waals surface area contributed by atoms with Gasteiger partial charge in [-0.05, 0) is 115 Å². The van der Waals surface area contributed by atoms with Crippen LogP contribution in [0.2, 0.25) is 0 Å². The number of hydrogen-bond acceptors (Lipinski definition) is 2. The Morgan fingerprint density at radius 2 is 1.56 bits per heavy atom. The highest BCUT2D eigenvalue weighted by Gasteiger charge is 2.70. The van der Waals surface area contributed by atoms with Crippen LogP contribution in [-0.2, 0) is 9.53 Å². The second-order valence-electron chi connectivity index (χ2n) is 15.3. The first-order valence-corrected chi connectivity index (χ1v) is 14.6. The third kappa shape index (κ3) is 3.08. The first-order valence-electron chi connectivity index (χ1n) is 14.6. The van der Waals surface area contributed by atoms with Gasteiger partial charge in [-0.1, -0.05) is 60.6 Å². The molecule has 0 spiro atoms. The molecule has 0 radical (unpaired) electrons. The van der Waals surface area contributed by atoms with Gasteiger partial charge in [0, 0.05) is 12.3 Å².